The molecule has 0 aliphatic heterocycles. The maximum absolute atomic E-state index is 12.0. The van der Waals surface area contributed by atoms with Crippen LogP contribution in [0.4, 0.5) is 16.2 Å². The van der Waals surface area contributed by atoms with Gasteiger partial charge in [-0.2, -0.15) is 0 Å². The van der Waals surface area contributed by atoms with Crippen molar-refractivity contribution >= 4 is 17.4 Å². The molecule has 2 aromatic rings. The highest BCUT2D eigenvalue weighted by Gasteiger charge is 2.13. The van der Waals surface area contributed by atoms with Crippen LogP contribution in [0.15, 0.2) is 48.5 Å². The molecule has 0 heterocycles. The normalized spacial score (nSPS) is 11.1. The van der Waals surface area contributed by atoms with Crippen LogP contribution in [0, 0.1) is 0 Å². The average molecular weight is 354 g/mol. The van der Waals surface area contributed by atoms with Crippen molar-refractivity contribution in [2.75, 3.05) is 30.9 Å². The molecule has 2 rings (SSSR count). The average Bonchev–Trinajstić information content (AvgIpc) is 2.59. The molecule has 2 aromatic carbocycles. The molecule has 4 heteroatoms. The number of carbonyl (C=O) groups is 1. The largest absolute Gasteiger partial charge is 0.378 e. The van der Waals surface area contributed by atoms with Gasteiger partial charge in [0, 0.05) is 32.0 Å². The van der Waals surface area contributed by atoms with Crippen molar-refractivity contribution in [2.45, 2.75) is 39.0 Å². The van der Waals surface area contributed by atoms with E-state index in [9.17, 15) is 4.79 Å². The van der Waals surface area contributed by atoms with E-state index in [0.717, 1.165) is 18.5 Å². The molecule has 0 radical (unpaired) electrons. The zero-order valence-corrected chi connectivity index (χ0v) is 16.6. The van der Waals surface area contributed by atoms with Gasteiger partial charge in [-0.1, -0.05) is 45.0 Å². The van der Waals surface area contributed by atoms with Gasteiger partial charge in [0.15, 0.2) is 0 Å². The Balaban J connectivity index is 1.72. The Morgan fingerprint density at radius 1 is 0.962 bits per heavy atom. The van der Waals surface area contributed by atoms with Crippen LogP contribution in [0.2, 0.25) is 0 Å². The third-order valence-electron chi connectivity index (χ3n) is 4.39. The highest BCUT2D eigenvalue weighted by molar-refractivity contribution is 5.89. The Morgan fingerprint density at radius 2 is 1.58 bits per heavy atom. The quantitative estimate of drug-likeness (QED) is 0.732. The number of benzene rings is 2. The van der Waals surface area contributed by atoms with Gasteiger partial charge in [0.1, 0.15) is 0 Å². The Morgan fingerprint density at radius 3 is 2.12 bits per heavy atom. The number of carbonyl (C=O) groups excluding carboxylic acids is 1. The summed E-state index contributed by atoms with van der Waals surface area (Å²) in [5.74, 6) is 0. The fraction of sp³-hybridized carbons (Fsp3) is 0.409. The molecular formula is C22H31N3O. The number of aryl methyl sites for hydroxylation is 1. The summed E-state index contributed by atoms with van der Waals surface area (Å²) in [6.45, 7) is 7.18. The van der Waals surface area contributed by atoms with Gasteiger partial charge in [-0.3, -0.25) is 0 Å². The number of nitrogens with zero attached hydrogens (tertiary/aromatic N) is 1. The lowest BCUT2D eigenvalue weighted by Gasteiger charge is -2.19. The number of nitrogens with one attached hydrogen (secondary N) is 2. The summed E-state index contributed by atoms with van der Waals surface area (Å²) >= 11 is 0. The Hall–Kier alpha value is -2.49. The number of hydrogen-bond donors (Lipinski definition) is 2. The maximum Gasteiger partial charge on any atom is 0.319 e. The van der Waals surface area contributed by atoms with Crippen LogP contribution in [-0.4, -0.2) is 26.7 Å². The fourth-order valence-electron chi connectivity index (χ4n) is 2.68. The minimum atomic E-state index is -0.156. The standard InChI is InChI=1S/C22H31N3O/c1-22(2,3)18-10-12-19(13-11-18)24-21(26)23-16-6-7-17-8-14-20(15-9-17)25(4)5/h8-15H,6-7,16H2,1-5H3,(H2,23,24,26). The van der Waals surface area contributed by atoms with E-state index in [1.54, 1.807) is 0 Å². The van der Waals surface area contributed by atoms with Gasteiger partial charge in [-0.25, -0.2) is 4.79 Å². The molecule has 0 saturated heterocycles. The van der Waals surface area contributed by atoms with Crippen LogP contribution in [0.25, 0.3) is 0 Å². The van der Waals surface area contributed by atoms with Gasteiger partial charge >= 0.3 is 6.03 Å². The summed E-state index contributed by atoms with van der Waals surface area (Å²) in [7, 11) is 4.07. The lowest BCUT2D eigenvalue weighted by atomic mass is 9.87. The second kappa shape index (κ2) is 8.75. The van der Waals surface area contributed by atoms with Crippen molar-refractivity contribution in [3.05, 3.63) is 59.7 Å². The molecule has 2 amide bonds. The van der Waals surface area contributed by atoms with Gasteiger partial charge in [0.25, 0.3) is 0 Å². The highest BCUT2D eigenvalue weighted by Crippen LogP contribution is 2.23. The lowest BCUT2D eigenvalue weighted by Crippen LogP contribution is -2.29. The Bertz CT molecular complexity index is 698. The first-order valence-electron chi connectivity index (χ1n) is 9.17. The SMILES string of the molecule is CN(C)c1ccc(CCCNC(=O)Nc2ccc(C(C)(C)C)cc2)cc1. The molecule has 0 atom stereocenters. The minimum absolute atomic E-state index is 0.117. The topological polar surface area (TPSA) is 44.4 Å². The minimum Gasteiger partial charge on any atom is -0.378 e. The number of hydrogen-bond acceptors (Lipinski definition) is 2. The molecule has 0 saturated carbocycles. The zero-order valence-electron chi connectivity index (χ0n) is 16.6. The molecule has 140 valence electrons. The zero-order chi connectivity index (χ0) is 19.2. The number of anilines is 2. The van der Waals surface area contributed by atoms with Crippen molar-refractivity contribution in [2.24, 2.45) is 0 Å². The summed E-state index contributed by atoms with van der Waals surface area (Å²) in [5.41, 5.74) is 4.67. The Kier molecular flexibility index (Phi) is 6.67. The van der Waals surface area contributed by atoms with Crippen LogP contribution >= 0.6 is 0 Å². The van der Waals surface area contributed by atoms with Gasteiger partial charge in [0.2, 0.25) is 0 Å². The predicted octanol–water partition coefficient (Wildman–Crippen LogP) is 4.80. The van der Waals surface area contributed by atoms with Crippen LogP contribution in [0.3, 0.4) is 0 Å². The molecule has 26 heavy (non-hydrogen) atoms. The molecule has 0 fully saturated rings. The summed E-state index contributed by atoms with van der Waals surface area (Å²) < 4.78 is 0. The summed E-state index contributed by atoms with van der Waals surface area (Å²) in [5, 5.41) is 5.80. The summed E-state index contributed by atoms with van der Waals surface area (Å²) in [4.78, 5) is 14.1. The van der Waals surface area contributed by atoms with Crippen molar-refractivity contribution in [1.29, 1.82) is 0 Å². The van der Waals surface area contributed by atoms with Crippen LogP contribution in [-0.2, 0) is 11.8 Å². The maximum atomic E-state index is 12.0. The van der Waals surface area contributed by atoms with Crippen LogP contribution in [0.5, 0.6) is 0 Å². The summed E-state index contributed by atoms with van der Waals surface area (Å²) in [6.07, 6.45) is 1.87. The van der Waals surface area contributed by atoms with E-state index in [1.807, 2.05) is 26.2 Å². The monoisotopic (exact) mass is 353 g/mol. The molecule has 0 unspecified atom stereocenters. The molecule has 0 spiro atoms. The predicted molar refractivity (Wildman–Crippen MR) is 111 cm³/mol. The molecule has 0 aliphatic carbocycles. The van der Waals surface area contributed by atoms with E-state index in [4.69, 9.17) is 0 Å². The lowest BCUT2D eigenvalue weighted by molar-refractivity contribution is 0.252. The number of rotatable bonds is 6. The second-order valence-electron chi connectivity index (χ2n) is 7.87. The van der Waals surface area contributed by atoms with Crippen LogP contribution in [0.1, 0.15) is 38.3 Å². The fourth-order valence-corrected chi connectivity index (χ4v) is 2.68. The molecule has 4 nitrogen and oxygen atoms in total. The van der Waals surface area contributed by atoms with E-state index in [0.29, 0.717) is 6.54 Å². The van der Waals surface area contributed by atoms with E-state index >= 15 is 0 Å². The van der Waals surface area contributed by atoms with Crippen molar-refractivity contribution in [1.82, 2.24) is 5.32 Å². The first-order valence-corrected chi connectivity index (χ1v) is 9.17. The Labute approximate surface area is 157 Å². The van der Waals surface area contributed by atoms with Gasteiger partial charge in [-0.15, -0.1) is 0 Å². The smallest absolute Gasteiger partial charge is 0.319 e. The van der Waals surface area contributed by atoms with Gasteiger partial charge < -0.3 is 15.5 Å². The second-order valence-corrected chi connectivity index (χ2v) is 7.87. The molecule has 0 bridgehead atoms. The number of amides is 2. The highest BCUT2D eigenvalue weighted by atomic mass is 16.2. The van der Waals surface area contributed by atoms with Crippen molar-refractivity contribution < 1.29 is 4.79 Å². The third kappa shape index (κ3) is 6.10. The van der Waals surface area contributed by atoms with Gasteiger partial charge in [0.05, 0.1) is 0 Å². The van der Waals surface area contributed by atoms with Crippen molar-refractivity contribution in [3.63, 3.8) is 0 Å². The molecule has 0 aromatic heterocycles. The number of urea groups is 1. The van der Waals surface area contributed by atoms with E-state index in [1.165, 1.54) is 16.8 Å². The molecular weight excluding hydrogens is 322 g/mol. The first kappa shape index (κ1) is 19.8. The van der Waals surface area contributed by atoms with Crippen LogP contribution < -0.4 is 15.5 Å². The van der Waals surface area contributed by atoms with Crippen molar-refractivity contribution in [3.8, 4) is 0 Å². The van der Waals surface area contributed by atoms with Gasteiger partial charge in [-0.05, 0) is 53.6 Å². The third-order valence-corrected chi connectivity index (χ3v) is 4.39. The van der Waals surface area contributed by atoms with E-state index < -0.39 is 0 Å². The molecule has 0 aliphatic rings. The first-order chi connectivity index (χ1) is 12.3. The van der Waals surface area contributed by atoms with E-state index in [-0.39, 0.29) is 11.4 Å². The van der Waals surface area contributed by atoms with E-state index in [2.05, 4.69) is 72.7 Å². The summed E-state index contributed by atoms with van der Waals surface area (Å²) in [6, 6.07) is 16.4. The molecule has 2 N–H and O–H groups in total.